The number of amides is 1. The van der Waals surface area contributed by atoms with Gasteiger partial charge >= 0.3 is 0 Å². The Bertz CT molecular complexity index is 575. The zero-order valence-corrected chi connectivity index (χ0v) is 16.9. The third kappa shape index (κ3) is 7.89. The third-order valence-electron chi connectivity index (χ3n) is 4.78. The Kier molecular flexibility index (Phi) is 9.52. The molecule has 0 unspecified atom stereocenters. The molecule has 1 heterocycles. The number of para-hydroxylation sites is 1. The number of aliphatic imine (C=N–C) groups is 1. The van der Waals surface area contributed by atoms with Gasteiger partial charge in [-0.15, -0.1) is 0 Å². The molecule has 0 aliphatic carbocycles. The minimum atomic E-state index is 0.296. The van der Waals surface area contributed by atoms with Gasteiger partial charge in [-0.1, -0.05) is 18.2 Å². The number of benzene rings is 1. The van der Waals surface area contributed by atoms with Gasteiger partial charge in [0.15, 0.2) is 5.96 Å². The number of carbonyl (C=O) groups excluding carboxylic acids is 1. The Morgan fingerprint density at radius 1 is 1.19 bits per heavy atom. The summed E-state index contributed by atoms with van der Waals surface area (Å²) in [6.07, 6.45) is 4.88. The van der Waals surface area contributed by atoms with Crippen LogP contribution in [0.3, 0.4) is 0 Å². The minimum Gasteiger partial charge on any atom is -0.375 e. The second-order valence-corrected chi connectivity index (χ2v) is 6.99. The van der Waals surface area contributed by atoms with Crippen LogP contribution in [-0.4, -0.2) is 63.1 Å². The fraction of sp³-hybridized carbons (Fsp3) is 0.619. The highest BCUT2D eigenvalue weighted by Crippen LogP contribution is 2.11. The van der Waals surface area contributed by atoms with Crippen molar-refractivity contribution in [2.75, 3.05) is 51.2 Å². The van der Waals surface area contributed by atoms with E-state index in [4.69, 9.17) is 0 Å². The second kappa shape index (κ2) is 12.2. The van der Waals surface area contributed by atoms with E-state index in [9.17, 15) is 4.79 Å². The summed E-state index contributed by atoms with van der Waals surface area (Å²) < 4.78 is 0. The number of rotatable bonds is 11. The molecule has 0 aromatic heterocycles. The van der Waals surface area contributed by atoms with Gasteiger partial charge < -0.3 is 20.4 Å². The van der Waals surface area contributed by atoms with Crippen LogP contribution in [0.15, 0.2) is 35.3 Å². The van der Waals surface area contributed by atoms with Gasteiger partial charge in [-0.3, -0.25) is 9.79 Å². The number of likely N-dealkylation sites (tertiary alicyclic amines) is 1. The first-order chi connectivity index (χ1) is 13.2. The first-order valence-corrected chi connectivity index (χ1v) is 10.3. The highest BCUT2D eigenvalue weighted by atomic mass is 16.2. The Labute approximate surface area is 164 Å². The van der Waals surface area contributed by atoms with E-state index in [1.54, 1.807) is 0 Å². The molecule has 1 aliphatic rings. The largest absolute Gasteiger partial charge is 0.375 e. The fourth-order valence-electron chi connectivity index (χ4n) is 3.23. The standard InChI is InChI=1S/C21H35N5O/c1-3-22-21(24-15-10-18-26-17-9-13-20(26)27)23-14-7-8-16-25(2)19-11-5-4-6-12-19/h4-6,11-12H,3,7-10,13-18H2,1-2H3,(H2,22,23,24). The van der Waals surface area contributed by atoms with E-state index in [1.807, 2.05) is 11.0 Å². The van der Waals surface area contributed by atoms with Crippen LogP contribution in [0.1, 0.15) is 39.0 Å². The van der Waals surface area contributed by atoms with Crippen LogP contribution >= 0.6 is 0 Å². The summed E-state index contributed by atoms with van der Waals surface area (Å²) in [6, 6.07) is 10.5. The molecule has 1 saturated heterocycles. The number of nitrogens with one attached hydrogen (secondary N) is 2. The molecule has 1 aromatic carbocycles. The first kappa shape index (κ1) is 21.1. The lowest BCUT2D eigenvalue weighted by atomic mass is 10.2. The lowest BCUT2D eigenvalue weighted by Crippen LogP contribution is -2.38. The maximum Gasteiger partial charge on any atom is 0.222 e. The number of unbranched alkanes of at least 4 members (excludes halogenated alkanes) is 1. The molecule has 1 fully saturated rings. The average Bonchev–Trinajstić information content (AvgIpc) is 3.10. The number of hydrogen-bond acceptors (Lipinski definition) is 3. The lowest BCUT2D eigenvalue weighted by molar-refractivity contribution is -0.127. The maximum atomic E-state index is 11.6. The highest BCUT2D eigenvalue weighted by Gasteiger charge is 2.18. The van der Waals surface area contributed by atoms with Gasteiger partial charge in [0.05, 0.1) is 0 Å². The van der Waals surface area contributed by atoms with Crippen LogP contribution in [0.5, 0.6) is 0 Å². The third-order valence-corrected chi connectivity index (χ3v) is 4.78. The lowest BCUT2D eigenvalue weighted by Gasteiger charge is -2.19. The fourth-order valence-corrected chi connectivity index (χ4v) is 3.23. The van der Waals surface area contributed by atoms with Crippen molar-refractivity contribution >= 4 is 17.6 Å². The summed E-state index contributed by atoms with van der Waals surface area (Å²) in [4.78, 5) is 20.5. The molecule has 1 amide bonds. The predicted molar refractivity (Wildman–Crippen MR) is 113 cm³/mol. The summed E-state index contributed by atoms with van der Waals surface area (Å²) in [5.74, 6) is 1.17. The zero-order valence-electron chi connectivity index (χ0n) is 16.9. The van der Waals surface area contributed by atoms with Crippen LogP contribution in [0.2, 0.25) is 0 Å². The van der Waals surface area contributed by atoms with E-state index in [1.165, 1.54) is 5.69 Å². The first-order valence-electron chi connectivity index (χ1n) is 10.3. The molecule has 0 radical (unpaired) electrons. The van der Waals surface area contributed by atoms with Crippen LogP contribution < -0.4 is 15.5 Å². The molecule has 27 heavy (non-hydrogen) atoms. The van der Waals surface area contributed by atoms with Crippen molar-refractivity contribution in [1.29, 1.82) is 0 Å². The molecular formula is C21H35N5O. The molecule has 0 spiro atoms. The summed E-state index contributed by atoms with van der Waals surface area (Å²) in [5.41, 5.74) is 1.26. The van der Waals surface area contributed by atoms with Gasteiger partial charge in [0.1, 0.15) is 0 Å². The zero-order chi connectivity index (χ0) is 19.3. The average molecular weight is 374 g/mol. The van der Waals surface area contributed by atoms with Crippen molar-refractivity contribution in [2.45, 2.75) is 39.0 Å². The summed E-state index contributed by atoms with van der Waals surface area (Å²) in [5, 5.41) is 6.70. The van der Waals surface area contributed by atoms with Gasteiger partial charge in [0.25, 0.3) is 0 Å². The Morgan fingerprint density at radius 2 is 2.00 bits per heavy atom. The van der Waals surface area contributed by atoms with Crippen molar-refractivity contribution in [2.24, 2.45) is 4.99 Å². The van der Waals surface area contributed by atoms with E-state index in [-0.39, 0.29) is 0 Å². The van der Waals surface area contributed by atoms with Gasteiger partial charge in [0.2, 0.25) is 5.91 Å². The van der Waals surface area contributed by atoms with E-state index in [0.29, 0.717) is 12.3 Å². The molecule has 0 bridgehead atoms. The predicted octanol–water partition coefficient (Wildman–Crippen LogP) is 2.47. The molecular weight excluding hydrogens is 338 g/mol. The van der Waals surface area contributed by atoms with E-state index in [0.717, 1.165) is 70.9 Å². The Balaban J connectivity index is 1.59. The van der Waals surface area contributed by atoms with Gasteiger partial charge in [-0.05, 0) is 44.7 Å². The molecule has 0 atom stereocenters. The van der Waals surface area contributed by atoms with Crippen molar-refractivity contribution < 1.29 is 4.79 Å². The van der Waals surface area contributed by atoms with Crippen molar-refractivity contribution in [3.63, 3.8) is 0 Å². The quantitative estimate of drug-likeness (QED) is 0.355. The molecule has 2 rings (SSSR count). The number of hydrogen-bond donors (Lipinski definition) is 2. The van der Waals surface area contributed by atoms with Crippen LogP contribution in [0.4, 0.5) is 5.69 Å². The van der Waals surface area contributed by atoms with E-state index in [2.05, 4.69) is 58.8 Å². The highest BCUT2D eigenvalue weighted by molar-refractivity contribution is 5.79. The Hall–Kier alpha value is -2.24. The molecule has 2 N–H and O–H groups in total. The van der Waals surface area contributed by atoms with E-state index >= 15 is 0 Å². The SMILES string of the molecule is CCNC(=NCCCN1CCCC1=O)NCCCCN(C)c1ccccc1. The van der Waals surface area contributed by atoms with Gasteiger partial charge in [0, 0.05) is 58.4 Å². The molecule has 1 aliphatic heterocycles. The van der Waals surface area contributed by atoms with Crippen LogP contribution in [0.25, 0.3) is 0 Å². The number of guanidine groups is 1. The minimum absolute atomic E-state index is 0.296. The second-order valence-electron chi connectivity index (χ2n) is 6.99. The maximum absolute atomic E-state index is 11.6. The Morgan fingerprint density at radius 3 is 2.70 bits per heavy atom. The molecule has 6 nitrogen and oxygen atoms in total. The van der Waals surface area contributed by atoms with Crippen LogP contribution in [0, 0.1) is 0 Å². The molecule has 150 valence electrons. The normalized spacial score (nSPS) is 14.5. The van der Waals surface area contributed by atoms with Gasteiger partial charge in [-0.25, -0.2) is 0 Å². The van der Waals surface area contributed by atoms with Crippen molar-refractivity contribution in [1.82, 2.24) is 15.5 Å². The summed E-state index contributed by atoms with van der Waals surface area (Å²) in [6.45, 7) is 7.38. The van der Waals surface area contributed by atoms with Crippen molar-refractivity contribution in [3.8, 4) is 0 Å². The number of anilines is 1. The summed E-state index contributed by atoms with van der Waals surface area (Å²) >= 11 is 0. The number of carbonyl (C=O) groups is 1. The topological polar surface area (TPSA) is 60.0 Å². The number of nitrogens with zero attached hydrogens (tertiary/aromatic N) is 3. The smallest absolute Gasteiger partial charge is 0.222 e. The van der Waals surface area contributed by atoms with Crippen LogP contribution in [-0.2, 0) is 4.79 Å². The van der Waals surface area contributed by atoms with Crippen molar-refractivity contribution in [3.05, 3.63) is 30.3 Å². The molecule has 1 aromatic rings. The van der Waals surface area contributed by atoms with Gasteiger partial charge in [-0.2, -0.15) is 0 Å². The monoisotopic (exact) mass is 373 g/mol. The van der Waals surface area contributed by atoms with E-state index < -0.39 is 0 Å². The molecule has 6 heteroatoms. The summed E-state index contributed by atoms with van der Waals surface area (Å²) in [7, 11) is 2.14. The molecule has 0 saturated carbocycles.